The van der Waals surface area contributed by atoms with Gasteiger partial charge in [-0.05, 0) is 50.7 Å². The fraction of sp³-hybridized carbons (Fsp3) is 0.588. The fourth-order valence-electron chi connectivity index (χ4n) is 4.15. The van der Waals surface area contributed by atoms with E-state index < -0.39 is 0 Å². The van der Waals surface area contributed by atoms with Gasteiger partial charge in [-0.3, -0.25) is 5.41 Å². The summed E-state index contributed by atoms with van der Waals surface area (Å²) in [5.74, 6) is 0.609. The highest BCUT2D eigenvalue weighted by atomic mass is 16.5. The zero-order valence-electron chi connectivity index (χ0n) is 12.6. The molecular weight excluding hydrogens is 262 g/mol. The number of hydrogen-bond acceptors (Lipinski definition) is 3. The molecule has 0 radical (unpaired) electrons. The van der Waals surface area contributed by atoms with Crippen LogP contribution in [0.4, 0.5) is 5.69 Å². The van der Waals surface area contributed by atoms with Crippen molar-refractivity contribution in [3.05, 3.63) is 29.3 Å². The summed E-state index contributed by atoms with van der Waals surface area (Å²) in [7, 11) is 0. The Morgan fingerprint density at radius 2 is 2.05 bits per heavy atom. The van der Waals surface area contributed by atoms with Crippen LogP contribution in [-0.4, -0.2) is 35.0 Å². The Bertz CT molecular complexity index is 582. The normalized spacial score (nSPS) is 29.5. The van der Waals surface area contributed by atoms with Crippen molar-refractivity contribution in [1.29, 1.82) is 5.41 Å². The van der Waals surface area contributed by atoms with E-state index in [1.807, 2.05) is 25.1 Å². The molecule has 4 rings (SSSR count). The van der Waals surface area contributed by atoms with Gasteiger partial charge in [-0.2, -0.15) is 0 Å². The Balaban J connectivity index is 1.63. The number of benzene rings is 1. The molecule has 0 aromatic heterocycles. The number of likely N-dealkylation sites (tertiary alicyclic amines) is 1. The molecule has 1 atom stereocenters. The fourth-order valence-corrected chi connectivity index (χ4v) is 4.15. The van der Waals surface area contributed by atoms with Crippen LogP contribution in [0.3, 0.4) is 0 Å². The topological polar surface area (TPSA) is 62.3 Å². The highest BCUT2D eigenvalue weighted by molar-refractivity contribution is 6.03. The molecule has 1 unspecified atom stereocenters. The van der Waals surface area contributed by atoms with Gasteiger partial charge < -0.3 is 15.4 Å². The Morgan fingerprint density at radius 3 is 2.62 bits per heavy atom. The summed E-state index contributed by atoms with van der Waals surface area (Å²) in [6.07, 6.45) is 5.71. The number of nitrogens with zero attached hydrogens (tertiary/aromatic N) is 1. The van der Waals surface area contributed by atoms with E-state index in [0.717, 1.165) is 42.8 Å². The maximum atomic E-state index is 8.71. The molecule has 21 heavy (non-hydrogen) atoms. The molecule has 3 aliphatic rings. The average molecular weight is 285 g/mol. The highest BCUT2D eigenvalue weighted by Gasteiger charge is 2.59. The number of piperidine rings is 1. The number of ether oxygens (including phenoxy) is 1. The van der Waals surface area contributed by atoms with Gasteiger partial charge in [0.2, 0.25) is 0 Å². The van der Waals surface area contributed by atoms with Gasteiger partial charge >= 0.3 is 0 Å². The Hall–Kier alpha value is -1.55. The first-order valence-electron chi connectivity index (χ1n) is 7.91. The number of rotatable bonds is 1. The Morgan fingerprint density at radius 1 is 1.29 bits per heavy atom. The smallest absolute Gasteiger partial charge is 0.130 e. The summed E-state index contributed by atoms with van der Waals surface area (Å²) in [6, 6.07) is 5.90. The minimum Gasteiger partial charge on any atom is -0.398 e. The molecule has 0 bridgehead atoms. The monoisotopic (exact) mass is 285 g/mol. The second kappa shape index (κ2) is 4.23. The molecule has 1 saturated carbocycles. The highest BCUT2D eigenvalue weighted by Crippen LogP contribution is 2.55. The summed E-state index contributed by atoms with van der Waals surface area (Å²) in [4.78, 5) is 2.30. The number of hydrogen-bond donors (Lipinski definition) is 2. The van der Waals surface area contributed by atoms with Crippen LogP contribution in [-0.2, 0) is 4.74 Å². The van der Waals surface area contributed by atoms with E-state index in [9.17, 15) is 0 Å². The molecule has 1 aromatic carbocycles. The van der Waals surface area contributed by atoms with Crippen LogP contribution in [0.15, 0.2) is 18.2 Å². The Kier molecular flexibility index (Phi) is 2.65. The first-order chi connectivity index (χ1) is 10.1. The van der Waals surface area contributed by atoms with Gasteiger partial charge in [-0.1, -0.05) is 12.1 Å². The molecule has 2 heterocycles. The van der Waals surface area contributed by atoms with Crippen molar-refractivity contribution in [2.24, 2.45) is 0 Å². The van der Waals surface area contributed by atoms with E-state index in [4.69, 9.17) is 15.9 Å². The largest absolute Gasteiger partial charge is 0.398 e. The lowest BCUT2D eigenvalue weighted by atomic mass is 9.79. The number of nitrogen functional groups attached to an aromatic ring is 1. The van der Waals surface area contributed by atoms with Gasteiger partial charge in [0, 0.05) is 23.3 Å². The zero-order chi connectivity index (χ0) is 14.7. The third-order valence-electron chi connectivity index (χ3n) is 5.62. The second-order valence-electron chi connectivity index (χ2n) is 6.97. The van der Waals surface area contributed by atoms with Crippen molar-refractivity contribution in [3.8, 4) is 0 Å². The van der Waals surface area contributed by atoms with E-state index in [1.165, 1.54) is 19.3 Å². The second-order valence-corrected chi connectivity index (χ2v) is 6.97. The minimum atomic E-state index is 0.130. The van der Waals surface area contributed by atoms with Gasteiger partial charge in [0.05, 0.1) is 12.2 Å². The predicted molar refractivity (Wildman–Crippen MR) is 83.6 cm³/mol. The van der Waals surface area contributed by atoms with Gasteiger partial charge in [0.1, 0.15) is 5.84 Å². The van der Waals surface area contributed by atoms with Crippen molar-refractivity contribution in [2.45, 2.75) is 50.2 Å². The molecule has 1 aromatic rings. The first kappa shape index (κ1) is 13.1. The number of nitrogens with one attached hydrogen (secondary N) is 1. The summed E-state index contributed by atoms with van der Waals surface area (Å²) >= 11 is 0. The van der Waals surface area contributed by atoms with Crippen LogP contribution in [0.1, 0.15) is 43.2 Å². The molecule has 3 N–H and O–H groups in total. The van der Waals surface area contributed by atoms with Crippen LogP contribution in [0.5, 0.6) is 0 Å². The lowest BCUT2D eigenvalue weighted by Gasteiger charge is -2.52. The summed E-state index contributed by atoms with van der Waals surface area (Å²) in [5, 5.41) is 8.71. The average Bonchev–Trinajstić information content (AvgIpc) is 3.16. The predicted octanol–water partition coefficient (Wildman–Crippen LogP) is 2.69. The first-order valence-corrected chi connectivity index (χ1v) is 7.91. The van der Waals surface area contributed by atoms with Crippen LogP contribution >= 0.6 is 0 Å². The lowest BCUT2D eigenvalue weighted by Crippen LogP contribution is -2.59. The number of nitrogens with two attached hydrogens (primary N) is 1. The van der Waals surface area contributed by atoms with Crippen molar-refractivity contribution < 1.29 is 4.74 Å². The maximum absolute atomic E-state index is 8.71. The summed E-state index contributed by atoms with van der Waals surface area (Å²) in [6.45, 7) is 3.88. The Labute approximate surface area is 125 Å². The van der Waals surface area contributed by atoms with Crippen molar-refractivity contribution >= 4 is 11.5 Å². The van der Waals surface area contributed by atoms with Crippen LogP contribution in [0.25, 0.3) is 0 Å². The van der Waals surface area contributed by atoms with Crippen LogP contribution in [0.2, 0.25) is 0 Å². The molecular formula is C17H23N3O. The molecule has 2 spiro atoms. The van der Waals surface area contributed by atoms with Crippen LogP contribution in [0, 0.1) is 12.3 Å². The lowest BCUT2D eigenvalue weighted by molar-refractivity contribution is -0.180. The molecule has 2 saturated heterocycles. The molecule has 0 amide bonds. The molecule has 3 fully saturated rings. The van der Waals surface area contributed by atoms with E-state index in [2.05, 4.69) is 4.90 Å². The third-order valence-corrected chi connectivity index (χ3v) is 5.62. The van der Waals surface area contributed by atoms with Crippen molar-refractivity contribution in [2.75, 3.05) is 18.9 Å². The van der Waals surface area contributed by atoms with Gasteiger partial charge in [-0.25, -0.2) is 0 Å². The van der Waals surface area contributed by atoms with Gasteiger partial charge in [-0.15, -0.1) is 0 Å². The third kappa shape index (κ3) is 1.89. The summed E-state index contributed by atoms with van der Waals surface area (Å²) < 4.78 is 5.89. The zero-order valence-corrected chi connectivity index (χ0v) is 12.6. The quantitative estimate of drug-likeness (QED) is 0.474. The SMILES string of the molecule is Cc1cccc(N)c1C(=N)N1CCC2(CCO2)CC12CC2. The minimum absolute atomic E-state index is 0.130. The molecule has 2 aliphatic heterocycles. The number of aryl methyl sites for hydroxylation is 1. The van der Waals surface area contributed by atoms with E-state index in [1.54, 1.807) is 0 Å². The van der Waals surface area contributed by atoms with Gasteiger partial charge in [0.25, 0.3) is 0 Å². The standard InChI is InChI=1S/C17H23N3O/c1-12-3-2-4-13(18)14(12)15(19)20-9-7-17(8-10-21-17)11-16(20)5-6-16/h2-4,19H,5-11,18H2,1H3. The van der Waals surface area contributed by atoms with E-state index in [0.29, 0.717) is 5.84 Å². The number of amidine groups is 1. The van der Waals surface area contributed by atoms with Crippen molar-refractivity contribution in [3.63, 3.8) is 0 Å². The van der Waals surface area contributed by atoms with Crippen molar-refractivity contribution in [1.82, 2.24) is 4.90 Å². The van der Waals surface area contributed by atoms with E-state index >= 15 is 0 Å². The summed E-state index contributed by atoms with van der Waals surface area (Å²) in [5.41, 5.74) is 9.16. The maximum Gasteiger partial charge on any atom is 0.130 e. The van der Waals surface area contributed by atoms with Gasteiger partial charge in [0.15, 0.2) is 0 Å². The molecule has 1 aliphatic carbocycles. The van der Waals surface area contributed by atoms with E-state index in [-0.39, 0.29) is 11.1 Å². The molecule has 112 valence electrons. The molecule has 4 nitrogen and oxygen atoms in total. The number of anilines is 1. The van der Waals surface area contributed by atoms with Crippen LogP contribution < -0.4 is 5.73 Å². The molecule has 4 heteroatoms.